The van der Waals surface area contributed by atoms with Gasteiger partial charge in [-0.1, -0.05) is 36.4 Å². The largest absolute Gasteiger partial charge is 0.495 e. The fraction of sp³-hybridized carbons (Fsp3) is 0.217. The van der Waals surface area contributed by atoms with Crippen molar-refractivity contribution in [3.05, 3.63) is 83.6 Å². The first kappa shape index (κ1) is 19.4. The molecule has 0 bridgehead atoms. The molecule has 0 saturated heterocycles. The van der Waals surface area contributed by atoms with Crippen LogP contribution in [-0.2, 0) is 6.54 Å². The van der Waals surface area contributed by atoms with E-state index in [2.05, 4.69) is 34.3 Å². The van der Waals surface area contributed by atoms with Gasteiger partial charge in [-0.2, -0.15) is 0 Å². The van der Waals surface area contributed by atoms with Crippen molar-refractivity contribution in [3.8, 4) is 5.75 Å². The summed E-state index contributed by atoms with van der Waals surface area (Å²) in [7, 11) is 1.59. The van der Waals surface area contributed by atoms with Crippen LogP contribution in [0.25, 0.3) is 0 Å². The van der Waals surface area contributed by atoms with Crippen molar-refractivity contribution in [1.82, 2.24) is 4.98 Å². The normalized spacial score (nSPS) is 10.4. The lowest BCUT2D eigenvalue weighted by molar-refractivity contribution is 0.102. The van der Waals surface area contributed by atoms with Gasteiger partial charge >= 0.3 is 0 Å². The molecule has 5 nitrogen and oxygen atoms in total. The van der Waals surface area contributed by atoms with Gasteiger partial charge < -0.3 is 15.0 Å². The number of hydrogen-bond donors (Lipinski definition) is 1. The van der Waals surface area contributed by atoms with Crippen LogP contribution in [0.3, 0.4) is 0 Å². The number of pyridine rings is 1. The number of aromatic nitrogens is 1. The van der Waals surface area contributed by atoms with E-state index in [4.69, 9.17) is 4.74 Å². The first-order chi connectivity index (χ1) is 13.6. The third-order valence-corrected chi connectivity index (χ3v) is 4.53. The number of aryl methyl sites for hydroxylation is 1. The first-order valence-electron chi connectivity index (χ1n) is 9.31. The first-order valence-corrected chi connectivity index (χ1v) is 9.31. The average Bonchev–Trinajstić information content (AvgIpc) is 2.73. The van der Waals surface area contributed by atoms with E-state index < -0.39 is 0 Å². The van der Waals surface area contributed by atoms with Crippen LogP contribution in [0.15, 0.2) is 66.9 Å². The Bertz CT molecular complexity index is 942. The zero-order valence-electron chi connectivity index (χ0n) is 16.5. The molecule has 0 aliphatic carbocycles. The molecule has 0 saturated carbocycles. The maximum absolute atomic E-state index is 12.8. The lowest BCUT2D eigenvalue weighted by atomic mass is 10.1. The Kier molecular flexibility index (Phi) is 6.27. The number of hydrogen-bond acceptors (Lipinski definition) is 4. The molecule has 5 heteroatoms. The molecule has 0 radical (unpaired) electrons. The minimum absolute atomic E-state index is 0.191. The monoisotopic (exact) mass is 375 g/mol. The molecule has 0 unspecified atom stereocenters. The number of amides is 1. The van der Waals surface area contributed by atoms with Gasteiger partial charge in [-0.15, -0.1) is 0 Å². The minimum Gasteiger partial charge on any atom is -0.495 e. The number of ether oxygens (including phenoxy) is 1. The van der Waals surface area contributed by atoms with Gasteiger partial charge in [0.1, 0.15) is 11.6 Å². The predicted molar refractivity (Wildman–Crippen MR) is 113 cm³/mol. The second-order valence-corrected chi connectivity index (χ2v) is 6.56. The molecule has 0 atom stereocenters. The smallest absolute Gasteiger partial charge is 0.255 e. The molecule has 1 N–H and O–H groups in total. The number of rotatable bonds is 7. The molecular weight excluding hydrogens is 350 g/mol. The molecule has 0 fully saturated rings. The molecule has 0 aliphatic heterocycles. The SMILES string of the molecule is CCN(Cc1ccccc1)c1cc(C(=O)Nc2cc(C)ccc2OC)ccn1. The number of benzene rings is 2. The number of methoxy groups -OCH3 is 1. The fourth-order valence-electron chi connectivity index (χ4n) is 3.01. The zero-order valence-corrected chi connectivity index (χ0v) is 16.5. The Morgan fingerprint density at radius 3 is 2.61 bits per heavy atom. The van der Waals surface area contributed by atoms with E-state index in [0.717, 1.165) is 24.5 Å². The quantitative estimate of drug-likeness (QED) is 0.652. The van der Waals surface area contributed by atoms with Crippen LogP contribution >= 0.6 is 0 Å². The van der Waals surface area contributed by atoms with E-state index in [-0.39, 0.29) is 5.91 Å². The van der Waals surface area contributed by atoms with E-state index in [1.807, 2.05) is 49.4 Å². The number of nitrogens with zero attached hydrogens (tertiary/aromatic N) is 2. The highest BCUT2D eigenvalue weighted by atomic mass is 16.5. The highest BCUT2D eigenvalue weighted by Crippen LogP contribution is 2.26. The van der Waals surface area contributed by atoms with Crippen LogP contribution in [-0.4, -0.2) is 24.5 Å². The summed E-state index contributed by atoms with van der Waals surface area (Å²) >= 11 is 0. The van der Waals surface area contributed by atoms with Crippen molar-refractivity contribution in [2.45, 2.75) is 20.4 Å². The summed E-state index contributed by atoms with van der Waals surface area (Å²) in [6.45, 7) is 5.58. The third-order valence-electron chi connectivity index (χ3n) is 4.53. The van der Waals surface area contributed by atoms with Gasteiger partial charge in [0.2, 0.25) is 0 Å². The van der Waals surface area contributed by atoms with E-state index in [0.29, 0.717) is 17.0 Å². The van der Waals surface area contributed by atoms with Gasteiger partial charge in [0.25, 0.3) is 5.91 Å². The van der Waals surface area contributed by atoms with E-state index in [9.17, 15) is 4.79 Å². The molecule has 3 rings (SSSR count). The van der Waals surface area contributed by atoms with Crippen molar-refractivity contribution < 1.29 is 9.53 Å². The van der Waals surface area contributed by atoms with Crippen molar-refractivity contribution in [2.75, 3.05) is 23.9 Å². The molecule has 1 amide bonds. The van der Waals surface area contributed by atoms with Crippen LogP contribution in [0.2, 0.25) is 0 Å². The summed E-state index contributed by atoms with van der Waals surface area (Å²) in [5.41, 5.74) is 3.46. The summed E-state index contributed by atoms with van der Waals surface area (Å²) in [6.07, 6.45) is 1.67. The molecule has 1 heterocycles. The van der Waals surface area contributed by atoms with Crippen molar-refractivity contribution >= 4 is 17.4 Å². The van der Waals surface area contributed by atoms with Crippen LogP contribution in [0.5, 0.6) is 5.75 Å². The molecule has 0 aliphatic rings. The van der Waals surface area contributed by atoms with E-state index in [1.54, 1.807) is 19.4 Å². The van der Waals surface area contributed by atoms with Crippen LogP contribution in [0, 0.1) is 6.92 Å². The van der Waals surface area contributed by atoms with Gasteiger partial charge in [0, 0.05) is 24.8 Å². The summed E-state index contributed by atoms with van der Waals surface area (Å²) in [5, 5.41) is 2.94. The van der Waals surface area contributed by atoms with Crippen LogP contribution in [0.1, 0.15) is 28.4 Å². The summed E-state index contributed by atoms with van der Waals surface area (Å²) in [6, 6.07) is 19.5. The Labute approximate surface area is 166 Å². The number of anilines is 2. The summed E-state index contributed by atoms with van der Waals surface area (Å²) in [4.78, 5) is 19.4. The van der Waals surface area contributed by atoms with Crippen LogP contribution < -0.4 is 15.0 Å². The molecular formula is C23H25N3O2. The maximum atomic E-state index is 12.8. The number of carbonyl (C=O) groups excluding carboxylic acids is 1. The van der Waals surface area contributed by atoms with Gasteiger partial charge in [-0.05, 0) is 49.2 Å². The molecule has 28 heavy (non-hydrogen) atoms. The highest BCUT2D eigenvalue weighted by Gasteiger charge is 2.13. The third kappa shape index (κ3) is 4.68. The molecule has 3 aromatic rings. The summed E-state index contributed by atoms with van der Waals surface area (Å²) in [5.74, 6) is 1.21. The Morgan fingerprint density at radius 1 is 1.11 bits per heavy atom. The van der Waals surface area contributed by atoms with Crippen molar-refractivity contribution in [1.29, 1.82) is 0 Å². The molecule has 144 valence electrons. The Morgan fingerprint density at radius 2 is 1.89 bits per heavy atom. The van der Waals surface area contributed by atoms with Gasteiger partial charge in [-0.3, -0.25) is 4.79 Å². The van der Waals surface area contributed by atoms with Crippen LogP contribution in [0.4, 0.5) is 11.5 Å². The highest BCUT2D eigenvalue weighted by molar-refractivity contribution is 6.05. The minimum atomic E-state index is -0.191. The lowest BCUT2D eigenvalue weighted by Gasteiger charge is -2.22. The second kappa shape index (κ2) is 9.04. The molecule has 1 aromatic heterocycles. The predicted octanol–water partition coefficient (Wildman–Crippen LogP) is 4.68. The zero-order chi connectivity index (χ0) is 19.9. The van der Waals surface area contributed by atoms with Crippen molar-refractivity contribution in [2.24, 2.45) is 0 Å². The number of carbonyl (C=O) groups is 1. The standard InChI is InChI=1S/C23H25N3O2/c1-4-26(16-18-8-6-5-7-9-18)22-15-19(12-13-24-22)23(27)25-20-14-17(2)10-11-21(20)28-3/h5-15H,4,16H2,1-3H3,(H,25,27). The van der Waals surface area contributed by atoms with Crippen molar-refractivity contribution in [3.63, 3.8) is 0 Å². The second-order valence-electron chi connectivity index (χ2n) is 6.56. The number of nitrogens with one attached hydrogen (secondary N) is 1. The average molecular weight is 375 g/mol. The van der Waals surface area contributed by atoms with Gasteiger partial charge in [-0.25, -0.2) is 4.98 Å². The van der Waals surface area contributed by atoms with Gasteiger partial charge in [0.05, 0.1) is 12.8 Å². The summed E-state index contributed by atoms with van der Waals surface area (Å²) < 4.78 is 5.35. The lowest BCUT2D eigenvalue weighted by Crippen LogP contribution is -2.23. The molecule has 2 aromatic carbocycles. The van der Waals surface area contributed by atoms with E-state index in [1.165, 1.54) is 5.56 Å². The Balaban J connectivity index is 1.80. The molecule has 0 spiro atoms. The topological polar surface area (TPSA) is 54.5 Å². The maximum Gasteiger partial charge on any atom is 0.255 e. The Hall–Kier alpha value is -3.34. The fourth-order valence-corrected chi connectivity index (χ4v) is 3.01. The van der Waals surface area contributed by atoms with Gasteiger partial charge in [0.15, 0.2) is 0 Å². The van der Waals surface area contributed by atoms with E-state index >= 15 is 0 Å².